The van der Waals surface area contributed by atoms with Gasteiger partial charge in [-0.25, -0.2) is 0 Å². The molecule has 0 atom stereocenters. The Kier molecular flexibility index (Phi) is 13.3. The second kappa shape index (κ2) is 13.9. The van der Waals surface area contributed by atoms with Crippen molar-refractivity contribution in [3.05, 3.63) is 10.1 Å². The van der Waals surface area contributed by atoms with Crippen molar-refractivity contribution >= 4 is 5.78 Å². The maximum Gasteiger partial charge on any atom is 0.210 e. The maximum absolute atomic E-state index is 10.0. The number of hydrogen-bond donors (Lipinski definition) is 0. The number of carbonyl (C=O) groups excluding carboxylic acids is 1. The zero-order valence-electron chi connectivity index (χ0n) is 9.74. The quantitative estimate of drug-likeness (QED) is 0.409. The van der Waals surface area contributed by atoms with Crippen LogP contribution in [0.25, 0.3) is 0 Å². The summed E-state index contributed by atoms with van der Waals surface area (Å²) in [6.45, 7) is 1.10. The standard InChI is InChI=1S/C10H2.C4H7NO3/c1-3-5-7-9-10-8-6-4-2;1-4(6)2-3-5(7)8/h1-2H;2-3H2,1H3. The van der Waals surface area contributed by atoms with E-state index in [1.54, 1.807) is 0 Å². The molecule has 0 aliphatic heterocycles. The Morgan fingerprint density at radius 3 is 1.67 bits per heavy atom. The predicted molar refractivity (Wildman–Crippen MR) is 68.2 cm³/mol. The molecule has 4 heteroatoms. The van der Waals surface area contributed by atoms with Crippen molar-refractivity contribution in [3.63, 3.8) is 0 Å². The van der Waals surface area contributed by atoms with Crippen LogP contribution in [0.2, 0.25) is 0 Å². The first kappa shape index (κ1) is 17.3. The van der Waals surface area contributed by atoms with Crippen molar-refractivity contribution in [2.24, 2.45) is 0 Å². The van der Waals surface area contributed by atoms with E-state index in [-0.39, 0.29) is 18.7 Å². The van der Waals surface area contributed by atoms with Crippen LogP contribution in [0.5, 0.6) is 0 Å². The molecule has 0 radical (unpaired) electrons. The van der Waals surface area contributed by atoms with E-state index in [2.05, 4.69) is 47.4 Å². The zero-order chi connectivity index (χ0) is 14.2. The molecule has 0 rings (SSSR count). The molecule has 0 heterocycles. The largest absolute Gasteiger partial charge is 0.300 e. The molecule has 0 aromatic carbocycles. The summed E-state index contributed by atoms with van der Waals surface area (Å²) < 4.78 is 0. The molecule has 0 aliphatic rings. The van der Waals surface area contributed by atoms with E-state index in [0.717, 1.165) is 0 Å². The fraction of sp³-hybridized carbons (Fsp3) is 0.214. The minimum absolute atomic E-state index is 0.0486. The van der Waals surface area contributed by atoms with E-state index in [1.165, 1.54) is 6.92 Å². The van der Waals surface area contributed by atoms with Crippen LogP contribution in [-0.2, 0) is 4.79 Å². The minimum Gasteiger partial charge on any atom is -0.300 e. The summed E-state index contributed by atoms with van der Waals surface area (Å²) in [7, 11) is 0. The van der Waals surface area contributed by atoms with E-state index < -0.39 is 4.92 Å². The van der Waals surface area contributed by atoms with Crippen molar-refractivity contribution in [2.75, 3.05) is 6.54 Å². The first-order valence-electron chi connectivity index (χ1n) is 4.57. The van der Waals surface area contributed by atoms with Gasteiger partial charge in [-0.05, 0) is 54.3 Å². The van der Waals surface area contributed by atoms with Crippen LogP contribution >= 0.6 is 0 Å². The van der Waals surface area contributed by atoms with Gasteiger partial charge in [0.05, 0.1) is 6.42 Å². The van der Waals surface area contributed by atoms with Crippen molar-refractivity contribution in [1.29, 1.82) is 0 Å². The van der Waals surface area contributed by atoms with E-state index >= 15 is 0 Å². The Hall–Kier alpha value is -3.13. The second-order valence-electron chi connectivity index (χ2n) is 2.55. The number of rotatable bonds is 3. The third-order valence-corrected chi connectivity index (χ3v) is 1.10. The van der Waals surface area contributed by atoms with Gasteiger partial charge in [0.1, 0.15) is 5.78 Å². The first-order chi connectivity index (χ1) is 8.54. The SMILES string of the molecule is C#CC#CC#CC#CC#C.CC(=O)CC[N+](=O)[O-]. The van der Waals surface area contributed by atoms with Gasteiger partial charge in [-0.3, -0.25) is 14.9 Å². The van der Waals surface area contributed by atoms with Crippen molar-refractivity contribution in [2.45, 2.75) is 13.3 Å². The molecular formula is C14H9NO3. The van der Waals surface area contributed by atoms with Gasteiger partial charge in [-0.1, -0.05) is 0 Å². The fourth-order valence-electron chi connectivity index (χ4n) is 0.446. The molecule has 0 fully saturated rings. The van der Waals surface area contributed by atoms with Crippen LogP contribution < -0.4 is 0 Å². The minimum atomic E-state index is -0.499. The van der Waals surface area contributed by atoms with Crippen molar-refractivity contribution < 1.29 is 9.72 Å². The molecule has 0 saturated heterocycles. The molecular weight excluding hydrogens is 230 g/mol. The molecule has 4 nitrogen and oxygen atoms in total. The summed E-state index contributed by atoms with van der Waals surface area (Å²) in [5.74, 6) is 18.2. The van der Waals surface area contributed by atoms with Gasteiger partial charge >= 0.3 is 0 Å². The Labute approximate surface area is 106 Å². The summed E-state index contributed by atoms with van der Waals surface area (Å²) in [5, 5.41) is 9.56. The summed E-state index contributed by atoms with van der Waals surface area (Å²) in [4.78, 5) is 19.1. The average molecular weight is 239 g/mol. The summed E-state index contributed by atoms with van der Waals surface area (Å²) in [6, 6.07) is 0. The molecule has 0 aromatic heterocycles. The van der Waals surface area contributed by atoms with Crippen LogP contribution in [0.15, 0.2) is 0 Å². The lowest BCUT2D eigenvalue weighted by Crippen LogP contribution is -2.04. The second-order valence-corrected chi connectivity index (χ2v) is 2.55. The van der Waals surface area contributed by atoms with Gasteiger partial charge in [0.25, 0.3) is 0 Å². The highest BCUT2D eigenvalue weighted by molar-refractivity contribution is 5.75. The Morgan fingerprint density at radius 2 is 1.44 bits per heavy atom. The van der Waals surface area contributed by atoms with E-state index in [0.29, 0.717) is 0 Å². The van der Waals surface area contributed by atoms with E-state index in [1.807, 2.05) is 0 Å². The third kappa shape index (κ3) is 23.0. The number of Topliss-reactive ketones (excluding diaryl/α,β-unsaturated/α-hetero) is 1. The number of nitrogens with zero attached hydrogens (tertiary/aromatic N) is 1. The molecule has 88 valence electrons. The molecule has 0 saturated carbocycles. The molecule has 0 unspecified atom stereocenters. The number of hydrogen-bond acceptors (Lipinski definition) is 3. The van der Waals surface area contributed by atoms with Crippen LogP contribution in [-0.4, -0.2) is 17.3 Å². The Bertz CT molecular complexity index is 504. The molecule has 0 N–H and O–H groups in total. The van der Waals surface area contributed by atoms with Crippen molar-refractivity contribution in [3.8, 4) is 60.2 Å². The van der Waals surface area contributed by atoms with Crippen LogP contribution in [0.3, 0.4) is 0 Å². The van der Waals surface area contributed by atoms with Crippen molar-refractivity contribution in [1.82, 2.24) is 0 Å². The van der Waals surface area contributed by atoms with Crippen LogP contribution in [0.1, 0.15) is 13.3 Å². The van der Waals surface area contributed by atoms with Crippen LogP contribution in [0.4, 0.5) is 0 Å². The van der Waals surface area contributed by atoms with E-state index in [4.69, 9.17) is 12.8 Å². The highest BCUT2D eigenvalue weighted by Gasteiger charge is 1.98. The Balaban J connectivity index is 0. The van der Waals surface area contributed by atoms with Gasteiger partial charge < -0.3 is 0 Å². The topological polar surface area (TPSA) is 60.2 Å². The predicted octanol–water partition coefficient (Wildman–Crippen LogP) is 0.505. The lowest BCUT2D eigenvalue weighted by molar-refractivity contribution is -0.478. The molecule has 0 spiro atoms. The van der Waals surface area contributed by atoms with Gasteiger partial charge in [0.15, 0.2) is 0 Å². The van der Waals surface area contributed by atoms with Gasteiger partial charge in [0, 0.05) is 4.92 Å². The summed E-state index contributed by atoms with van der Waals surface area (Å²) in [6.07, 6.45) is 9.67. The number of ketones is 1. The first-order valence-corrected chi connectivity index (χ1v) is 4.57. The van der Waals surface area contributed by atoms with Crippen LogP contribution in [0, 0.1) is 70.3 Å². The maximum atomic E-state index is 10.0. The molecule has 0 bridgehead atoms. The number of nitro groups is 1. The molecule has 0 aliphatic carbocycles. The van der Waals surface area contributed by atoms with Gasteiger partial charge in [-0.15, -0.1) is 12.8 Å². The van der Waals surface area contributed by atoms with Gasteiger partial charge in [-0.2, -0.15) is 0 Å². The Morgan fingerprint density at radius 1 is 1.06 bits per heavy atom. The summed E-state index contributed by atoms with van der Waals surface area (Å²) in [5.41, 5.74) is 0. The normalized spacial score (nSPS) is 5.72. The highest BCUT2D eigenvalue weighted by atomic mass is 16.6. The molecule has 0 aromatic rings. The lowest BCUT2D eigenvalue weighted by Gasteiger charge is -1.85. The third-order valence-electron chi connectivity index (χ3n) is 1.10. The monoisotopic (exact) mass is 239 g/mol. The lowest BCUT2D eigenvalue weighted by atomic mass is 10.3. The van der Waals surface area contributed by atoms with Gasteiger partial charge in [0.2, 0.25) is 6.54 Å². The van der Waals surface area contributed by atoms with E-state index in [9.17, 15) is 14.9 Å². The fourth-order valence-corrected chi connectivity index (χ4v) is 0.446. The summed E-state index contributed by atoms with van der Waals surface area (Å²) >= 11 is 0. The highest BCUT2D eigenvalue weighted by Crippen LogP contribution is 1.80. The smallest absolute Gasteiger partial charge is 0.210 e. The zero-order valence-corrected chi connectivity index (χ0v) is 9.74. The molecule has 18 heavy (non-hydrogen) atoms. The molecule has 0 amide bonds. The number of terminal acetylenes is 2. The number of carbonyl (C=O) groups is 1. The average Bonchev–Trinajstić information content (AvgIpc) is 2.32.